The molecule has 1 atom stereocenters. The molecule has 1 saturated carbocycles. The third-order valence-electron chi connectivity index (χ3n) is 6.17. The van der Waals surface area contributed by atoms with Crippen LogP contribution in [0.4, 0.5) is 24.1 Å². The summed E-state index contributed by atoms with van der Waals surface area (Å²) in [6, 6.07) is 9.76. The average molecular weight is 606 g/mol. The van der Waals surface area contributed by atoms with Gasteiger partial charge in [-0.25, -0.2) is 14.8 Å². The van der Waals surface area contributed by atoms with E-state index in [1.807, 2.05) is 0 Å². The number of ether oxygens (including phenoxy) is 1. The van der Waals surface area contributed by atoms with E-state index in [1.165, 1.54) is 11.3 Å². The van der Waals surface area contributed by atoms with Crippen molar-refractivity contribution >= 4 is 68.2 Å². The zero-order valence-corrected chi connectivity index (χ0v) is 22.6. The zero-order chi connectivity index (χ0) is 27.5. The monoisotopic (exact) mass is 605 g/mol. The number of carbonyl (C=O) groups is 2. The second-order valence-electron chi connectivity index (χ2n) is 8.66. The van der Waals surface area contributed by atoms with Crippen LogP contribution in [0.2, 0.25) is 10.0 Å². The number of nitrogens with one attached hydrogen (secondary N) is 1. The Bertz CT molecular complexity index is 1350. The number of aromatic nitrogens is 2. The number of esters is 2. The molecule has 0 spiro atoms. The molecular weight excluding hydrogens is 586 g/mol. The number of rotatable bonds is 7. The van der Waals surface area contributed by atoms with Crippen LogP contribution < -0.4 is 5.32 Å². The Morgan fingerprint density at radius 1 is 1.16 bits per heavy atom. The summed E-state index contributed by atoms with van der Waals surface area (Å²) in [5, 5.41) is 5.35. The van der Waals surface area contributed by atoms with Gasteiger partial charge in [-0.3, -0.25) is 9.00 Å². The lowest BCUT2D eigenvalue weighted by molar-refractivity contribution is -0.205. The van der Waals surface area contributed by atoms with Crippen LogP contribution in [0, 0.1) is 5.41 Å². The highest BCUT2D eigenvalue weighted by molar-refractivity contribution is 7.85. The summed E-state index contributed by atoms with van der Waals surface area (Å²) in [6.45, 7) is 0. The summed E-state index contributed by atoms with van der Waals surface area (Å²) in [5.74, 6) is -3.44. The molecule has 0 bridgehead atoms. The third kappa shape index (κ3) is 6.53. The van der Waals surface area contributed by atoms with Gasteiger partial charge in [0.15, 0.2) is 5.13 Å². The molecule has 1 N–H and O–H groups in total. The Morgan fingerprint density at radius 2 is 1.87 bits per heavy atom. The molecule has 202 valence electrons. The highest BCUT2D eigenvalue weighted by Crippen LogP contribution is 2.44. The first kappa shape index (κ1) is 28.5. The smallest absolute Gasteiger partial charge is 0.386 e. The molecule has 2 heterocycles. The normalized spacial score (nSPS) is 20.5. The number of pyridine rings is 1. The maximum Gasteiger partial charge on any atom is 0.491 e. The Kier molecular flexibility index (Phi) is 8.75. The molecule has 1 aliphatic rings. The van der Waals surface area contributed by atoms with Crippen molar-refractivity contribution in [3.63, 3.8) is 0 Å². The maximum absolute atomic E-state index is 13.2. The Labute approximate surface area is 232 Å². The Morgan fingerprint density at radius 3 is 2.53 bits per heavy atom. The van der Waals surface area contributed by atoms with Crippen LogP contribution in [-0.2, 0) is 31.5 Å². The molecule has 7 nitrogen and oxygen atoms in total. The van der Waals surface area contributed by atoms with Crippen LogP contribution in [0.5, 0.6) is 0 Å². The van der Waals surface area contributed by atoms with E-state index in [2.05, 4.69) is 20.0 Å². The minimum absolute atomic E-state index is 0.0252. The number of anilines is 2. The van der Waals surface area contributed by atoms with E-state index in [-0.39, 0.29) is 42.1 Å². The summed E-state index contributed by atoms with van der Waals surface area (Å²) in [5.41, 5.74) is -1.08. The van der Waals surface area contributed by atoms with E-state index >= 15 is 0 Å². The fraction of sp³-hybridized carbons (Fsp3) is 0.333. The van der Waals surface area contributed by atoms with Gasteiger partial charge < -0.3 is 10.1 Å². The van der Waals surface area contributed by atoms with Gasteiger partial charge >= 0.3 is 18.1 Å². The number of nitrogens with zero attached hydrogens (tertiary/aromatic N) is 2. The summed E-state index contributed by atoms with van der Waals surface area (Å²) in [4.78, 5) is 33.5. The molecule has 3 aromatic rings. The number of hydrogen-bond acceptors (Lipinski definition) is 8. The summed E-state index contributed by atoms with van der Waals surface area (Å²) in [6.07, 6.45) is -3.33. The van der Waals surface area contributed by atoms with Crippen molar-refractivity contribution in [2.24, 2.45) is 5.41 Å². The van der Waals surface area contributed by atoms with Crippen molar-refractivity contribution in [1.82, 2.24) is 9.97 Å². The van der Waals surface area contributed by atoms with Crippen LogP contribution >= 0.6 is 34.5 Å². The van der Waals surface area contributed by atoms with Crippen molar-refractivity contribution in [2.45, 2.75) is 48.4 Å². The Hall–Kier alpha value is -2.54. The lowest BCUT2D eigenvalue weighted by atomic mass is 9.71. The van der Waals surface area contributed by atoms with E-state index in [0.717, 1.165) is 0 Å². The molecule has 38 heavy (non-hydrogen) atoms. The molecular formula is C24H20Cl2F3N3O4S2. The summed E-state index contributed by atoms with van der Waals surface area (Å²) in [7, 11) is -1.58. The van der Waals surface area contributed by atoms with Gasteiger partial charge in [0.05, 0.1) is 31.2 Å². The standard InChI is InChI=1S/C24H20Cl2F3N3O4S2/c25-16-4-2-5-17(19(16)26)38(35)15-7-9-23(10-8-15,20(33)36-21(34)24(27,28)29)13-14-3-1-6-18(31-14)32-22-30-11-12-37-22/h1-6,11-12,15H,7-10,13H2,(H,30,31,32). The van der Waals surface area contributed by atoms with Gasteiger partial charge in [0.25, 0.3) is 0 Å². The summed E-state index contributed by atoms with van der Waals surface area (Å²) < 4.78 is 56.1. The second kappa shape index (κ2) is 11.7. The zero-order valence-electron chi connectivity index (χ0n) is 19.5. The molecule has 0 saturated heterocycles. The van der Waals surface area contributed by atoms with E-state index in [0.29, 0.717) is 21.5 Å². The minimum Gasteiger partial charge on any atom is -0.386 e. The fourth-order valence-corrected chi connectivity index (χ4v) is 6.91. The van der Waals surface area contributed by atoms with Gasteiger partial charge in [-0.1, -0.05) is 35.3 Å². The van der Waals surface area contributed by atoms with Crippen LogP contribution in [0.15, 0.2) is 52.9 Å². The van der Waals surface area contributed by atoms with E-state index in [1.54, 1.807) is 48.0 Å². The molecule has 1 fully saturated rings. The molecule has 0 amide bonds. The second-order valence-corrected chi connectivity index (χ2v) is 12.0. The lowest BCUT2D eigenvalue weighted by Gasteiger charge is -2.37. The molecule has 1 aromatic carbocycles. The van der Waals surface area contributed by atoms with E-state index < -0.39 is 39.6 Å². The molecule has 2 aromatic heterocycles. The molecule has 0 aliphatic heterocycles. The fourth-order valence-electron chi connectivity index (χ4n) is 4.27. The van der Waals surface area contributed by atoms with Gasteiger partial charge in [-0.15, -0.1) is 11.3 Å². The highest BCUT2D eigenvalue weighted by Gasteiger charge is 2.49. The number of alkyl halides is 3. The van der Waals surface area contributed by atoms with Gasteiger partial charge in [-0.2, -0.15) is 13.2 Å². The van der Waals surface area contributed by atoms with Crippen molar-refractivity contribution in [1.29, 1.82) is 0 Å². The Balaban J connectivity index is 1.57. The van der Waals surface area contributed by atoms with Crippen LogP contribution in [0.3, 0.4) is 0 Å². The van der Waals surface area contributed by atoms with Gasteiger partial charge in [0, 0.05) is 28.9 Å². The van der Waals surface area contributed by atoms with Gasteiger partial charge in [0.2, 0.25) is 0 Å². The van der Waals surface area contributed by atoms with Crippen molar-refractivity contribution in [3.8, 4) is 0 Å². The van der Waals surface area contributed by atoms with Crippen LogP contribution in [0.1, 0.15) is 31.4 Å². The van der Waals surface area contributed by atoms with Crippen molar-refractivity contribution in [2.75, 3.05) is 5.32 Å². The predicted molar refractivity (Wildman–Crippen MR) is 138 cm³/mol. The molecule has 0 radical (unpaired) electrons. The van der Waals surface area contributed by atoms with Gasteiger partial charge in [-0.05, 0) is 49.9 Å². The van der Waals surface area contributed by atoms with Crippen LogP contribution in [-0.4, -0.2) is 37.5 Å². The molecule has 1 unspecified atom stereocenters. The molecule has 4 rings (SSSR count). The minimum atomic E-state index is -5.32. The molecule has 1 aliphatic carbocycles. The van der Waals surface area contributed by atoms with Crippen molar-refractivity contribution < 1.29 is 31.7 Å². The van der Waals surface area contributed by atoms with E-state index in [9.17, 15) is 27.0 Å². The highest BCUT2D eigenvalue weighted by atomic mass is 35.5. The summed E-state index contributed by atoms with van der Waals surface area (Å²) >= 11 is 13.6. The van der Waals surface area contributed by atoms with Gasteiger partial charge in [0.1, 0.15) is 5.82 Å². The first-order chi connectivity index (χ1) is 18.0. The topological polar surface area (TPSA) is 98.2 Å². The number of carbonyl (C=O) groups excluding carboxylic acids is 2. The van der Waals surface area contributed by atoms with Crippen LogP contribution in [0.25, 0.3) is 0 Å². The average Bonchev–Trinajstić information content (AvgIpc) is 3.38. The first-order valence-electron chi connectivity index (χ1n) is 11.3. The lowest BCUT2D eigenvalue weighted by Crippen LogP contribution is -2.43. The maximum atomic E-state index is 13.2. The quantitative estimate of drug-likeness (QED) is 0.242. The third-order valence-corrected chi connectivity index (χ3v) is 9.64. The largest absolute Gasteiger partial charge is 0.491 e. The number of halogens is 5. The number of benzene rings is 1. The number of hydrogen-bond donors (Lipinski definition) is 1. The molecule has 14 heteroatoms. The first-order valence-corrected chi connectivity index (χ1v) is 14.1. The SMILES string of the molecule is O=C(OC(=O)C1(Cc2cccc(Nc3nccs3)n2)CCC(S(=O)c2cccc(Cl)c2Cl)CC1)C(F)(F)F. The van der Waals surface area contributed by atoms with E-state index in [4.69, 9.17) is 23.2 Å². The predicted octanol–water partition coefficient (Wildman–Crippen LogP) is 6.50. The van der Waals surface area contributed by atoms with Crippen molar-refractivity contribution in [3.05, 3.63) is 63.7 Å². The number of thiazole rings is 1.